The second-order valence-corrected chi connectivity index (χ2v) is 7.24. The molecule has 0 saturated carbocycles. The van der Waals surface area contributed by atoms with Crippen LogP contribution in [0, 0.1) is 6.92 Å². The van der Waals surface area contributed by atoms with Gasteiger partial charge in [0.15, 0.2) is 5.82 Å². The summed E-state index contributed by atoms with van der Waals surface area (Å²) in [5.74, 6) is 0.717. The molecule has 9 heteroatoms. The maximum Gasteiger partial charge on any atom is 0.211 e. The van der Waals surface area contributed by atoms with Crippen LogP contribution in [-0.4, -0.2) is 29.8 Å². The van der Waals surface area contributed by atoms with Crippen LogP contribution in [0.2, 0.25) is 5.02 Å². The maximum absolute atomic E-state index is 6.20. The van der Waals surface area contributed by atoms with E-state index in [1.54, 1.807) is 0 Å². The Balaban J connectivity index is 1.40. The maximum atomic E-state index is 6.20. The quantitative estimate of drug-likeness (QED) is 0.547. The van der Waals surface area contributed by atoms with Gasteiger partial charge in [0, 0.05) is 23.5 Å². The van der Waals surface area contributed by atoms with Crippen molar-refractivity contribution >= 4 is 33.9 Å². The van der Waals surface area contributed by atoms with Gasteiger partial charge in [-0.05, 0) is 24.6 Å². The Labute approximate surface area is 159 Å². The zero-order valence-corrected chi connectivity index (χ0v) is 15.6. The smallest absolute Gasteiger partial charge is 0.211 e. The Morgan fingerprint density at radius 1 is 1.00 bits per heavy atom. The van der Waals surface area contributed by atoms with Gasteiger partial charge in [-0.3, -0.25) is 9.36 Å². The average Bonchev–Trinajstić information content (AvgIpc) is 3.34. The van der Waals surface area contributed by atoms with Gasteiger partial charge >= 0.3 is 0 Å². The molecule has 0 aliphatic heterocycles. The van der Waals surface area contributed by atoms with Crippen molar-refractivity contribution in [3.05, 3.63) is 70.1 Å². The minimum atomic E-state index is 0.605. The zero-order chi connectivity index (χ0) is 17.9. The second-order valence-electron chi connectivity index (χ2n) is 5.77. The number of halogens is 1. The highest BCUT2D eigenvalue weighted by Gasteiger charge is 2.08. The molecule has 7 nitrogen and oxygen atoms in total. The van der Waals surface area contributed by atoms with Crippen LogP contribution in [0.1, 0.15) is 16.3 Å². The highest BCUT2D eigenvalue weighted by Crippen LogP contribution is 2.21. The van der Waals surface area contributed by atoms with Gasteiger partial charge in [0.25, 0.3) is 0 Å². The number of aryl methyl sites for hydroxylation is 1. The van der Waals surface area contributed by atoms with E-state index in [2.05, 4.69) is 25.7 Å². The van der Waals surface area contributed by atoms with Gasteiger partial charge in [-0.2, -0.15) is 10.2 Å². The summed E-state index contributed by atoms with van der Waals surface area (Å²) < 4.78 is 3.68. The van der Waals surface area contributed by atoms with Crippen LogP contribution in [0.25, 0.3) is 0 Å². The molecule has 132 valence electrons. The molecule has 3 aromatic heterocycles. The van der Waals surface area contributed by atoms with Crippen molar-refractivity contribution in [3.63, 3.8) is 0 Å². The largest absolute Gasteiger partial charge is 0.313 e. The van der Waals surface area contributed by atoms with Gasteiger partial charge in [-0.25, -0.2) is 0 Å². The highest BCUT2D eigenvalue weighted by atomic mass is 35.5. The minimum Gasteiger partial charge on any atom is -0.313 e. The number of nitrogens with zero attached hydrogens (tertiary/aromatic N) is 6. The van der Waals surface area contributed by atoms with Gasteiger partial charge in [0.2, 0.25) is 5.13 Å². The summed E-state index contributed by atoms with van der Waals surface area (Å²) in [5, 5.41) is 22.7. The third-order valence-electron chi connectivity index (χ3n) is 3.70. The normalized spacial score (nSPS) is 11.0. The molecule has 0 atom stereocenters. The first kappa shape index (κ1) is 16.7. The van der Waals surface area contributed by atoms with E-state index in [4.69, 9.17) is 11.6 Å². The topological polar surface area (TPSA) is 73.5 Å². The number of hydrogen-bond acceptors (Lipinski definition) is 6. The van der Waals surface area contributed by atoms with E-state index in [9.17, 15) is 0 Å². The highest BCUT2D eigenvalue weighted by molar-refractivity contribution is 7.15. The average molecular weight is 386 g/mol. The Kier molecular flexibility index (Phi) is 4.68. The lowest BCUT2D eigenvalue weighted by Crippen LogP contribution is -2.01. The Hall–Kier alpha value is -2.71. The van der Waals surface area contributed by atoms with Crippen molar-refractivity contribution in [2.45, 2.75) is 20.0 Å². The van der Waals surface area contributed by atoms with E-state index in [0.717, 1.165) is 27.1 Å². The molecule has 0 radical (unpaired) electrons. The first-order valence-corrected chi connectivity index (χ1v) is 9.21. The summed E-state index contributed by atoms with van der Waals surface area (Å²) >= 11 is 7.68. The molecule has 0 aliphatic rings. The first-order chi connectivity index (χ1) is 12.7. The Bertz CT molecular complexity index is 1020. The van der Waals surface area contributed by atoms with Gasteiger partial charge in [0.1, 0.15) is 5.01 Å². The Morgan fingerprint density at radius 3 is 2.62 bits per heavy atom. The van der Waals surface area contributed by atoms with Crippen molar-refractivity contribution < 1.29 is 0 Å². The van der Waals surface area contributed by atoms with Gasteiger partial charge in [0.05, 0.1) is 18.8 Å². The molecule has 0 spiro atoms. The summed E-state index contributed by atoms with van der Waals surface area (Å²) in [7, 11) is 0. The molecule has 0 aliphatic carbocycles. The molecule has 3 heterocycles. The fourth-order valence-corrected chi connectivity index (χ4v) is 3.42. The summed E-state index contributed by atoms with van der Waals surface area (Å²) in [5.41, 5.74) is 2.01. The molecule has 0 fully saturated rings. The number of aromatic nitrogens is 6. The lowest BCUT2D eigenvalue weighted by atomic mass is 10.2. The lowest BCUT2D eigenvalue weighted by Gasteiger charge is -2.04. The van der Waals surface area contributed by atoms with Crippen LogP contribution in [0.15, 0.2) is 48.8 Å². The SMILES string of the molecule is Cc1ccn(Cc2nnc(Nc3ccn(Cc4ccccc4Cl)n3)s2)n1. The van der Waals surface area contributed by atoms with Crippen LogP contribution in [0.4, 0.5) is 10.9 Å². The number of nitrogens with one attached hydrogen (secondary N) is 1. The molecule has 26 heavy (non-hydrogen) atoms. The summed E-state index contributed by atoms with van der Waals surface area (Å²) in [6.45, 7) is 3.18. The van der Waals surface area contributed by atoms with Crippen molar-refractivity contribution in [2.75, 3.05) is 5.32 Å². The van der Waals surface area contributed by atoms with Crippen LogP contribution in [-0.2, 0) is 13.1 Å². The fraction of sp³-hybridized carbons (Fsp3) is 0.176. The molecule has 1 aromatic carbocycles. The van der Waals surface area contributed by atoms with Crippen molar-refractivity contribution in [3.8, 4) is 0 Å². The van der Waals surface area contributed by atoms with Crippen molar-refractivity contribution in [1.29, 1.82) is 0 Å². The van der Waals surface area contributed by atoms with E-state index in [1.807, 2.05) is 65.1 Å². The zero-order valence-electron chi connectivity index (χ0n) is 14.0. The monoisotopic (exact) mass is 385 g/mol. The number of benzene rings is 1. The minimum absolute atomic E-state index is 0.605. The second kappa shape index (κ2) is 7.27. The standard InChI is InChI=1S/C17H16ClN7S/c1-12-6-8-25(22-12)11-16-20-21-17(26-16)19-15-7-9-24(23-15)10-13-4-2-3-5-14(13)18/h2-9H,10-11H2,1H3,(H,19,21,23). The third kappa shape index (κ3) is 3.92. The van der Waals surface area contributed by atoms with Gasteiger partial charge in [-0.1, -0.05) is 41.1 Å². The van der Waals surface area contributed by atoms with E-state index in [-0.39, 0.29) is 0 Å². The van der Waals surface area contributed by atoms with Crippen LogP contribution >= 0.6 is 22.9 Å². The lowest BCUT2D eigenvalue weighted by molar-refractivity contribution is 0.670. The van der Waals surface area contributed by atoms with Gasteiger partial charge in [-0.15, -0.1) is 10.2 Å². The van der Waals surface area contributed by atoms with E-state index in [0.29, 0.717) is 18.2 Å². The molecule has 1 N–H and O–H groups in total. The van der Waals surface area contributed by atoms with Crippen LogP contribution in [0.5, 0.6) is 0 Å². The molecule has 0 bridgehead atoms. The molecule has 4 rings (SSSR count). The van der Waals surface area contributed by atoms with Crippen molar-refractivity contribution in [2.24, 2.45) is 0 Å². The van der Waals surface area contributed by atoms with Gasteiger partial charge < -0.3 is 5.32 Å². The van der Waals surface area contributed by atoms with Crippen molar-refractivity contribution in [1.82, 2.24) is 29.8 Å². The third-order valence-corrected chi connectivity index (χ3v) is 4.90. The predicted molar refractivity (Wildman–Crippen MR) is 102 cm³/mol. The van der Waals surface area contributed by atoms with Crippen LogP contribution in [0.3, 0.4) is 0 Å². The number of hydrogen-bond donors (Lipinski definition) is 1. The molecule has 0 unspecified atom stereocenters. The molecule has 0 amide bonds. The number of rotatable bonds is 6. The molecule has 4 aromatic rings. The molecule has 0 saturated heterocycles. The first-order valence-electron chi connectivity index (χ1n) is 8.02. The van der Waals surface area contributed by atoms with E-state index >= 15 is 0 Å². The molecular formula is C17H16ClN7S. The molecular weight excluding hydrogens is 370 g/mol. The summed E-state index contributed by atoms with van der Waals surface area (Å²) in [4.78, 5) is 0. The Morgan fingerprint density at radius 2 is 1.81 bits per heavy atom. The fourth-order valence-electron chi connectivity index (χ4n) is 2.48. The number of anilines is 2. The predicted octanol–water partition coefficient (Wildman–Crippen LogP) is 3.73. The van der Waals surface area contributed by atoms with Crippen LogP contribution < -0.4 is 5.32 Å². The summed E-state index contributed by atoms with van der Waals surface area (Å²) in [6.07, 6.45) is 3.83. The van der Waals surface area contributed by atoms with E-state index in [1.165, 1.54) is 11.3 Å². The van der Waals surface area contributed by atoms with E-state index < -0.39 is 0 Å². The summed E-state index contributed by atoms with van der Waals surface area (Å²) in [6, 6.07) is 11.6.